The molecule has 2 aromatic carbocycles. The molecule has 0 spiro atoms. The Morgan fingerprint density at radius 2 is 1.77 bits per heavy atom. The van der Waals surface area contributed by atoms with Crippen molar-refractivity contribution in [2.24, 2.45) is 0 Å². The Kier molecular flexibility index (Phi) is 6.92. The Morgan fingerprint density at radius 1 is 1.06 bits per heavy atom. The number of likely N-dealkylation sites (tertiary alicyclic amines) is 1. The van der Waals surface area contributed by atoms with Crippen LogP contribution in [0, 0.1) is 5.82 Å². The van der Waals surface area contributed by atoms with E-state index in [1.54, 1.807) is 19.2 Å². The van der Waals surface area contributed by atoms with Gasteiger partial charge in [0.2, 0.25) is 0 Å². The van der Waals surface area contributed by atoms with Crippen molar-refractivity contribution in [2.75, 3.05) is 50.1 Å². The number of carbonyl (C=O) groups is 1. The van der Waals surface area contributed by atoms with Gasteiger partial charge in [-0.3, -0.25) is 4.90 Å². The number of nitrogens with one attached hydrogen (secondary N) is 2. The smallest absolute Gasteiger partial charge is 0.319 e. The molecular formula is C24H31FN4O2. The molecule has 2 aromatic rings. The van der Waals surface area contributed by atoms with Gasteiger partial charge in [-0.1, -0.05) is 18.2 Å². The fourth-order valence-electron chi connectivity index (χ4n) is 4.59. The minimum absolute atomic E-state index is 0.0266. The van der Waals surface area contributed by atoms with E-state index >= 15 is 0 Å². The molecule has 6 nitrogen and oxygen atoms in total. The molecule has 2 saturated heterocycles. The summed E-state index contributed by atoms with van der Waals surface area (Å²) in [6.07, 6.45) is 4.49. The number of halogens is 1. The van der Waals surface area contributed by atoms with Gasteiger partial charge in [0.05, 0.1) is 18.8 Å². The van der Waals surface area contributed by atoms with Gasteiger partial charge in [-0.15, -0.1) is 0 Å². The Labute approximate surface area is 183 Å². The quantitative estimate of drug-likeness (QED) is 0.689. The highest BCUT2D eigenvalue weighted by Gasteiger charge is 2.26. The van der Waals surface area contributed by atoms with Crippen LogP contribution >= 0.6 is 0 Å². The van der Waals surface area contributed by atoms with Crippen LogP contribution in [-0.2, 0) is 0 Å². The average Bonchev–Trinajstić information content (AvgIpc) is 3.49. The van der Waals surface area contributed by atoms with Crippen LogP contribution in [0.5, 0.6) is 5.75 Å². The molecule has 166 valence electrons. The number of hydrogen-bond donors (Lipinski definition) is 2. The highest BCUT2D eigenvalue weighted by Crippen LogP contribution is 2.31. The highest BCUT2D eigenvalue weighted by molar-refractivity contribution is 5.89. The van der Waals surface area contributed by atoms with Gasteiger partial charge in [-0.2, -0.15) is 0 Å². The Hall–Kier alpha value is -2.80. The zero-order chi connectivity index (χ0) is 21.6. The van der Waals surface area contributed by atoms with Crippen LogP contribution in [0.2, 0.25) is 0 Å². The largest absolute Gasteiger partial charge is 0.496 e. The number of benzene rings is 2. The second-order valence-electron chi connectivity index (χ2n) is 8.20. The summed E-state index contributed by atoms with van der Waals surface area (Å²) in [6.45, 7) is 4.20. The minimum atomic E-state index is -0.340. The zero-order valence-corrected chi connectivity index (χ0v) is 18.1. The van der Waals surface area contributed by atoms with Crippen LogP contribution in [0.15, 0.2) is 42.5 Å². The van der Waals surface area contributed by atoms with Crippen molar-refractivity contribution in [2.45, 2.75) is 31.7 Å². The Balaban J connectivity index is 1.40. The van der Waals surface area contributed by atoms with Gasteiger partial charge in [-0.25, -0.2) is 9.18 Å². The number of ether oxygens (including phenoxy) is 1. The molecule has 2 fully saturated rings. The van der Waals surface area contributed by atoms with Crippen molar-refractivity contribution in [3.63, 3.8) is 0 Å². The van der Waals surface area contributed by atoms with Gasteiger partial charge in [0.1, 0.15) is 11.6 Å². The molecule has 0 radical (unpaired) electrons. The van der Waals surface area contributed by atoms with Crippen LogP contribution < -0.4 is 20.3 Å². The number of nitrogens with zero attached hydrogens (tertiary/aromatic N) is 2. The standard InChI is InChI=1S/C24H31FN4O2/c1-31-23-9-3-2-8-19(23)22(29-14-6-7-15-29)17-26-24(30)27-18-10-11-21(20(25)16-18)28-12-4-5-13-28/h2-3,8-11,16,22H,4-7,12-15,17H2,1H3,(H2,26,27,30). The van der Waals surface area contributed by atoms with Crippen molar-refractivity contribution in [1.82, 2.24) is 10.2 Å². The molecule has 31 heavy (non-hydrogen) atoms. The SMILES string of the molecule is COc1ccccc1C(CNC(=O)Nc1ccc(N2CCCC2)c(F)c1)N1CCCC1. The number of amides is 2. The van der Waals surface area contributed by atoms with E-state index < -0.39 is 0 Å². The molecule has 0 aromatic heterocycles. The van der Waals surface area contributed by atoms with Crippen LogP contribution in [-0.4, -0.2) is 50.8 Å². The van der Waals surface area contributed by atoms with E-state index in [1.807, 2.05) is 29.2 Å². The van der Waals surface area contributed by atoms with E-state index in [4.69, 9.17) is 4.74 Å². The first kappa shape index (κ1) is 21.4. The molecule has 4 rings (SSSR count). The fraction of sp³-hybridized carbons (Fsp3) is 0.458. The third-order valence-electron chi connectivity index (χ3n) is 6.19. The lowest BCUT2D eigenvalue weighted by molar-refractivity contribution is 0.224. The van der Waals surface area contributed by atoms with Crippen molar-refractivity contribution in [3.8, 4) is 5.75 Å². The predicted molar refractivity (Wildman–Crippen MR) is 121 cm³/mol. The second-order valence-corrected chi connectivity index (χ2v) is 8.20. The summed E-state index contributed by atoms with van der Waals surface area (Å²) >= 11 is 0. The second kappa shape index (κ2) is 10.0. The predicted octanol–water partition coefficient (Wildman–Crippen LogP) is 4.39. The maximum atomic E-state index is 14.5. The van der Waals surface area contributed by atoms with E-state index in [1.165, 1.54) is 6.07 Å². The van der Waals surface area contributed by atoms with Crippen LogP contribution in [0.25, 0.3) is 0 Å². The molecule has 0 aliphatic carbocycles. The lowest BCUT2D eigenvalue weighted by Crippen LogP contribution is -2.38. The number of methoxy groups -OCH3 is 1. The lowest BCUT2D eigenvalue weighted by Gasteiger charge is -2.29. The molecular weight excluding hydrogens is 395 g/mol. The summed E-state index contributed by atoms with van der Waals surface area (Å²) in [5, 5.41) is 5.74. The van der Waals surface area contributed by atoms with E-state index in [9.17, 15) is 9.18 Å². The number of para-hydroxylation sites is 1. The van der Waals surface area contributed by atoms with Gasteiger partial charge < -0.3 is 20.3 Å². The maximum absolute atomic E-state index is 14.5. The molecule has 2 amide bonds. The maximum Gasteiger partial charge on any atom is 0.319 e. The van der Waals surface area contributed by atoms with Crippen LogP contribution in [0.1, 0.15) is 37.3 Å². The van der Waals surface area contributed by atoms with E-state index in [0.717, 1.165) is 63.2 Å². The lowest BCUT2D eigenvalue weighted by atomic mass is 10.0. The molecule has 0 saturated carbocycles. The zero-order valence-electron chi connectivity index (χ0n) is 18.1. The highest BCUT2D eigenvalue weighted by atomic mass is 19.1. The van der Waals surface area contributed by atoms with Gasteiger partial charge in [-0.05, 0) is 63.0 Å². The normalized spacial score (nSPS) is 17.5. The summed E-state index contributed by atoms with van der Waals surface area (Å²) in [7, 11) is 1.67. The van der Waals surface area contributed by atoms with Gasteiger partial charge >= 0.3 is 6.03 Å². The Morgan fingerprint density at radius 3 is 2.48 bits per heavy atom. The van der Waals surface area contributed by atoms with Crippen molar-refractivity contribution >= 4 is 17.4 Å². The molecule has 1 unspecified atom stereocenters. The summed E-state index contributed by atoms with van der Waals surface area (Å²) in [5.74, 6) is 0.518. The summed E-state index contributed by atoms with van der Waals surface area (Å²) in [4.78, 5) is 17.0. The average molecular weight is 427 g/mol. The molecule has 2 heterocycles. The monoisotopic (exact) mass is 426 g/mol. The fourth-order valence-corrected chi connectivity index (χ4v) is 4.59. The summed E-state index contributed by atoms with van der Waals surface area (Å²) in [5.41, 5.74) is 2.12. The van der Waals surface area contributed by atoms with Gasteiger partial charge in [0.25, 0.3) is 0 Å². The van der Waals surface area contributed by atoms with E-state index in [2.05, 4.69) is 15.5 Å². The van der Waals surface area contributed by atoms with Gasteiger partial charge in [0.15, 0.2) is 0 Å². The number of urea groups is 1. The van der Waals surface area contributed by atoms with E-state index in [-0.39, 0.29) is 17.9 Å². The number of hydrogen-bond acceptors (Lipinski definition) is 4. The van der Waals surface area contributed by atoms with Crippen LogP contribution in [0.3, 0.4) is 0 Å². The summed E-state index contributed by atoms with van der Waals surface area (Å²) < 4.78 is 20.1. The topological polar surface area (TPSA) is 56.8 Å². The van der Waals surface area contributed by atoms with Crippen molar-refractivity contribution in [1.29, 1.82) is 0 Å². The first-order valence-corrected chi connectivity index (χ1v) is 11.1. The van der Waals surface area contributed by atoms with Crippen molar-refractivity contribution < 1.29 is 13.9 Å². The number of anilines is 2. The molecule has 2 aliphatic heterocycles. The van der Waals surface area contributed by atoms with Gasteiger partial charge in [0, 0.05) is 30.9 Å². The number of carbonyl (C=O) groups excluding carboxylic acids is 1. The molecule has 0 bridgehead atoms. The molecule has 1 atom stereocenters. The van der Waals surface area contributed by atoms with Crippen molar-refractivity contribution in [3.05, 3.63) is 53.8 Å². The van der Waals surface area contributed by atoms with E-state index in [0.29, 0.717) is 17.9 Å². The first-order valence-electron chi connectivity index (χ1n) is 11.1. The third kappa shape index (κ3) is 5.10. The molecule has 2 N–H and O–H groups in total. The first-order chi connectivity index (χ1) is 15.2. The third-order valence-corrected chi connectivity index (χ3v) is 6.19. The molecule has 7 heteroatoms. The summed E-state index contributed by atoms with van der Waals surface area (Å²) in [6, 6.07) is 12.5. The number of rotatable bonds is 7. The molecule has 2 aliphatic rings. The van der Waals surface area contributed by atoms with Crippen LogP contribution in [0.4, 0.5) is 20.6 Å². The Bertz CT molecular complexity index is 895. The minimum Gasteiger partial charge on any atom is -0.496 e.